The van der Waals surface area contributed by atoms with Crippen molar-refractivity contribution < 1.29 is 28.5 Å². The highest BCUT2D eigenvalue weighted by Gasteiger charge is 2.50. The predicted octanol–water partition coefficient (Wildman–Crippen LogP) is 3.62. The molecule has 1 aromatic rings. The largest absolute Gasteiger partial charge is 0.493 e. The minimum Gasteiger partial charge on any atom is -0.493 e. The topological polar surface area (TPSA) is 74.3 Å². The summed E-state index contributed by atoms with van der Waals surface area (Å²) >= 11 is 0. The highest BCUT2D eigenvalue weighted by atomic mass is 16.5. The molecule has 1 heterocycles. The maximum Gasteiger partial charge on any atom is 0.306 e. The number of hydrogen-bond acceptors (Lipinski definition) is 6. The van der Waals surface area contributed by atoms with E-state index < -0.39 is 5.97 Å². The van der Waals surface area contributed by atoms with Crippen molar-refractivity contribution >= 4 is 11.9 Å². The maximum absolute atomic E-state index is 12.8. The van der Waals surface area contributed by atoms with Gasteiger partial charge in [-0.3, -0.25) is 9.59 Å². The van der Waals surface area contributed by atoms with Gasteiger partial charge in [-0.2, -0.15) is 0 Å². The van der Waals surface area contributed by atoms with E-state index in [1.54, 1.807) is 21.3 Å². The van der Waals surface area contributed by atoms with Gasteiger partial charge >= 0.3 is 5.97 Å². The van der Waals surface area contributed by atoms with Crippen LogP contribution in [0.25, 0.3) is 0 Å². The van der Waals surface area contributed by atoms with Crippen LogP contribution in [0.5, 0.6) is 17.2 Å². The van der Waals surface area contributed by atoms with Crippen molar-refractivity contribution in [3.63, 3.8) is 0 Å². The van der Waals surface area contributed by atoms with Gasteiger partial charge in [-0.25, -0.2) is 0 Å². The van der Waals surface area contributed by atoms with Gasteiger partial charge in [0.2, 0.25) is 5.75 Å². The molecule has 0 unspecified atom stereocenters. The van der Waals surface area contributed by atoms with Gasteiger partial charge in [0, 0.05) is 19.0 Å². The van der Waals surface area contributed by atoms with Crippen LogP contribution in [0.3, 0.4) is 0 Å². The van der Waals surface area contributed by atoms with Crippen LogP contribution in [0.4, 0.5) is 0 Å². The molecule has 0 N–H and O–H groups in total. The summed E-state index contributed by atoms with van der Waals surface area (Å²) in [4.78, 5) is 27.0. The van der Waals surface area contributed by atoms with Crippen LogP contribution in [-0.4, -0.2) is 57.3 Å². The Bertz CT molecular complexity index is 810. The van der Waals surface area contributed by atoms with Gasteiger partial charge in [0.1, 0.15) is 0 Å². The monoisotopic (exact) mass is 433 g/mol. The molecule has 1 saturated heterocycles. The molecule has 31 heavy (non-hydrogen) atoms. The number of hydrogen-bond donors (Lipinski definition) is 0. The van der Waals surface area contributed by atoms with E-state index in [-0.39, 0.29) is 35.8 Å². The second-order valence-electron chi connectivity index (χ2n) is 9.93. The van der Waals surface area contributed by atoms with E-state index in [0.29, 0.717) is 23.7 Å². The number of likely N-dealkylation sites (tertiary alicyclic amines) is 1. The van der Waals surface area contributed by atoms with Gasteiger partial charge in [-0.15, -0.1) is 0 Å². The van der Waals surface area contributed by atoms with E-state index in [2.05, 4.69) is 20.8 Å². The van der Waals surface area contributed by atoms with Crippen molar-refractivity contribution in [1.82, 2.24) is 4.90 Å². The van der Waals surface area contributed by atoms with E-state index in [1.165, 1.54) is 0 Å². The molecule has 7 heteroatoms. The Morgan fingerprint density at radius 2 is 1.68 bits per heavy atom. The molecule has 2 fully saturated rings. The highest BCUT2D eigenvalue weighted by Crippen LogP contribution is 2.52. The third-order valence-corrected chi connectivity index (χ3v) is 6.43. The van der Waals surface area contributed by atoms with Crippen LogP contribution in [0.2, 0.25) is 0 Å². The Kier molecular flexibility index (Phi) is 6.72. The van der Waals surface area contributed by atoms with E-state index in [1.807, 2.05) is 17.0 Å². The van der Waals surface area contributed by atoms with Crippen LogP contribution in [0, 0.1) is 10.8 Å². The van der Waals surface area contributed by atoms with Crippen molar-refractivity contribution in [3.8, 4) is 17.2 Å². The van der Waals surface area contributed by atoms with Gasteiger partial charge < -0.3 is 23.8 Å². The number of ether oxygens (including phenoxy) is 4. The molecule has 2 bridgehead atoms. The van der Waals surface area contributed by atoms with Crippen LogP contribution in [0.1, 0.15) is 52.0 Å². The highest BCUT2D eigenvalue weighted by molar-refractivity contribution is 5.81. The molecule has 1 aromatic carbocycles. The predicted molar refractivity (Wildman–Crippen MR) is 117 cm³/mol. The van der Waals surface area contributed by atoms with Crippen LogP contribution in [0.15, 0.2) is 12.1 Å². The average molecular weight is 434 g/mol. The number of methoxy groups -OCH3 is 3. The van der Waals surface area contributed by atoms with Crippen molar-refractivity contribution in [1.29, 1.82) is 0 Å². The van der Waals surface area contributed by atoms with Crippen molar-refractivity contribution in [2.24, 2.45) is 10.8 Å². The Balaban J connectivity index is 1.53. The molecule has 0 radical (unpaired) electrons. The number of esters is 1. The molecule has 1 aliphatic carbocycles. The zero-order valence-corrected chi connectivity index (χ0v) is 19.6. The molecule has 0 aromatic heterocycles. The number of benzene rings is 1. The fourth-order valence-electron chi connectivity index (χ4n) is 5.57. The third-order valence-electron chi connectivity index (χ3n) is 6.43. The fourth-order valence-corrected chi connectivity index (χ4v) is 5.57. The number of amides is 1. The zero-order valence-electron chi connectivity index (χ0n) is 19.6. The van der Waals surface area contributed by atoms with Gasteiger partial charge in [0.15, 0.2) is 18.1 Å². The Morgan fingerprint density at radius 3 is 2.26 bits per heavy atom. The molecule has 1 saturated carbocycles. The van der Waals surface area contributed by atoms with Crippen LogP contribution >= 0.6 is 0 Å². The average Bonchev–Trinajstić information content (AvgIpc) is 2.97. The summed E-state index contributed by atoms with van der Waals surface area (Å²) in [5.74, 6) is 1.10. The van der Waals surface area contributed by atoms with Gasteiger partial charge in [-0.1, -0.05) is 20.8 Å². The molecule has 1 amide bonds. The number of carbonyl (C=O) groups excluding carboxylic acids is 2. The number of nitrogens with zero attached hydrogens (tertiary/aromatic N) is 1. The lowest BCUT2D eigenvalue weighted by Crippen LogP contribution is -2.39. The molecule has 7 nitrogen and oxygen atoms in total. The Labute approximate surface area is 185 Å². The second kappa shape index (κ2) is 8.97. The lowest BCUT2D eigenvalue weighted by molar-refractivity contribution is -0.152. The SMILES string of the molecule is COc1cc(CCC(=O)OCC(=O)N2C[C@@]3(C)C[C@@H]2CC(C)(C)C3)cc(OC)c1OC. The third kappa shape index (κ3) is 5.25. The molecule has 3 rings (SSSR count). The summed E-state index contributed by atoms with van der Waals surface area (Å²) in [5, 5.41) is 0. The van der Waals surface area contributed by atoms with Crippen molar-refractivity contribution in [3.05, 3.63) is 17.7 Å². The molecule has 2 atom stereocenters. The normalized spacial score (nSPS) is 23.9. The summed E-state index contributed by atoms with van der Waals surface area (Å²) in [6, 6.07) is 3.87. The molecular formula is C24H35NO6. The number of rotatable bonds is 8. The van der Waals surface area contributed by atoms with E-state index in [9.17, 15) is 9.59 Å². The van der Waals surface area contributed by atoms with Gasteiger partial charge in [0.25, 0.3) is 5.91 Å². The first-order chi connectivity index (χ1) is 14.6. The summed E-state index contributed by atoms with van der Waals surface area (Å²) in [6.45, 7) is 7.37. The lowest BCUT2D eigenvalue weighted by Gasteiger charge is -2.39. The molecule has 172 valence electrons. The quantitative estimate of drug-likeness (QED) is 0.583. The van der Waals surface area contributed by atoms with Crippen molar-refractivity contribution in [2.75, 3.05) is 34.5 Å². The van der Waals surface area contributed by atoms with Crippen LogP contribution in [-0.2, 0) is 20.7 Å². The van der Waals surface area contributed by atoms with E-state index in [0.717, 1.165) is 31.4 Å². The minimum absolute atomic E-state index is 0.0902. The smallest absolute Gasteiger partial charge is 0.306 e. The molecular weight excluding hydrogens is 398 g/mol. The number of carbonyl (C=O) groups is 2. The van der Waals surface area contributed by atoms with Crippen molar-refractivity contribution in [2.45, 2.75) is 58.9 Å². The summed E-state index contributed by atoms with van der Waals surface area (Å²) in [6.07, 6.45) is 3.78. The van der Waals surface area contributed by atoms with Gasteiger partial charge in [0.05, 0.1) is 21.3 Å². The first kappa shape index (κ1) is 23.2. The first-order valence-corrected chi connectivity index (χ1v) is 10.8. The lowest BCUT2D eigenvalue weighted by atomic mass is 9.65. The first-order valence-electron chi connectivity index (χ1n) is 10.8. The molecule has 1 aliphatic heterocycles. The van der Waals surface area contributed by atoms with E-state index >= 15 is 0 Å². The molecule has 0 spiro atoms. The Hall–Kier alpha value is -2.44. The minimum atomic E-state index is -0.393. The summed E-state index contributed by atoms with van der Waals surface area (Å²) < 4.78 is 21.3. The summed E-state index contributed by atoms with van der Waals surface area (Å²) in [5.41, 5.74) is 1.27. The Morgan fingerprint density at radius 1 is 1.03 bits per heavy atom. The van der Waals surface area contributed by atoms with Crippen LogP contribution < -0.4 is 14.2 Å². The summed E-state index contributed by atoms with van der Waals surface area (Å²) in [7, 11) is 4.65. The van der Waals surface area contributed by atoms with Gasteiger partial charge in [-0.05, 0) is 54.2 Å². The number of aryl methyl sites for hydroxylation is 1. The zero-order chi connectivity index (χ0) is 22.8. The molecule has 2 aliphatic rings. The second-order valence-corrected chi connectivity index (χ2v) is 9.93. The fraction of sp³-hybridized carbons (Fsp3) is 0.667. The maximum atomic E-state index is 12.8. The number of fused-ring (bicyclic) bond motifs is 2. The standard InChI is InChI=1S/C24H35NO6/c1-23(2)11-17-12-24(3,14-23)15-25(17)20(26)13-31-21(27)8-7-16-9-18(28-4)22(30-6)19(10-16)29-5/h9-10,17H,7-8,11-15H2,1-6H3/t17-,24-/m0/s1. The van der Waals surface area contributed by atoms with E-state index in [4.69, 9.17) is 18.9 Å².